The first-order valence-corrected chi connectivity index (χ1v) is 5.08. The van der Waals surface area contributed by atoms with Crippen molar-refractivity contribution in [3.05, 3.63) is 36.4 Å². The molecule has 0 aromatic heterocycles. The van der Waals surface area contributed by atoms with Gasteiger partial charge in [0, 0.05) is 18.3 Å². The third-order valence-corrected chi connectivity index (χ3v) is 1.85. The predicted octanol–water partition coefficient (Wildman–Crippen LogP) is 2.14. The summed E-state index contributed by atoms with van der Waals surface area (Å²) in [4.78, 5) is 10.2. The van der Waals surface area contributed by atoms with Gasteiger partial charge >= 0.3 is 5.97 Å². The van der Waals surface area contributed by atoms with Gasteiger partial charge in [-0.25, -0.2) is 4.79 Å². The second-order valence-corrected chi connectivity index (χ2v) is 3.08. The number of hydrogen-bond acceptors (Lipinski definition) is 3. The zero-order chi connectivity index (χ0) is 11.8. The summed E-state index contributed by atoms with van der Waals surface area (Å²) >= 11 is 0. The summed E-state index contributed by atoms with van der Waals surface area (Å²) in [5.41, 5.74) is 0.929. The zero-order valence-electron chi connectivity index (χ0n) is 9.14. The molecule has 0 heterocycles. The Balaban J connectivity index is 2.40. The molecule has 0 amide bonds. The Morgan fingerprint density at radius 3 is 2.69 bits per heavy atom. The van der Waals surface area contributed by atoms with Crippen LogP contribution in [0.2, 0.25) is 0 Å². The van der Waals surface area contributed by atoms with Crippen molar-refractivity contribution in [2.75, 3.05) is 18.5 Å². The number of carbonyl (C=O) groups is 1. The molecule has 1 aromatic rings. The topological polar surface area (TPSA) is 58.6 Å². The minimum atomic E-state index is -0.937. The average molecular weight is 221 g/mol. The maximum absolute atomic E-state index is 10.2. The molecular weight excluding hydrogens is 206 g/mol. The van der Waals surface area contributed by atoms with E-state index in [1.165, 1.54) is 0 Å². The van der Waals surface area contributed by atoms with Gasteiger partial charge in [0.25, 0.3) is 0 Å². The summed E-state index contributed by atoms with van der Waals surface area (Å²) in [6.07, 6.45) is 2.67. The molecule has 2 N–H and O–H groups in total. The Morgan fingerprint density at radius 1 is 1.44 bits per heavy atom. The summed E-state index contributed by atoms with van der Waals surface area (Å²) in [5.74, 6) is -0.109. The number of hydrogen-bond donors (Lipinski definition) is 2. The third-order valence-electron chi connectivity index (χ3n) is 1.85. The maximum Gasteiger partial charge on any atom is 0.328 e. The minimum absolute atomic E-state index is 0.486. The van der Waals surface area contributed by atoms with Crippen molar-refractivity contribution < 1.29 is 14.6 Å². The highest BCUT2D eigenvalue weighted by molar-refractivity contribution is 5.79. The molecule has 0 aliphatic heterocycles. The van der Waals surface area contributed by atoms with Crippen LogP contribution in [0.1, 0.15) is 6.92 Å². The highest BCUT2D eigenvalue weighted by Gasteiger charge is 1.93. The molecule has 86 valence electrons. The van der Waals surface area contributed by atoms with Crippen molar-refractivity contribution in [2.24, 2.45) is 0 Å². The molecule has 0 fully saturated rings. The Morgan fingerprint density at radius 2 is 2.12 bits per heavy atom. The molecule has 0 saturated carbocycles. The van der Waals surface area contributed by atoms with Crippen molar-refractivity contribution in [3.63, 3.8) is 0 Å². The van der Waals surface area contributed by atoms with E-state index in [4.69, 9.17) is 9.84 Å². The Hall–Kier alpha value is -1.97. The second-order valence-electron chi connectivity index (χ2n) is 3.08. The number of carboxylic acids is 1. The number of rotatable bonds is 6. The van der Waals surface area contributed by atoms with Crippen molar-refractivity contribution in [1.82, 2.24) is 0 Å². The van der Waals surface area contributed by atoms with E-state index >= 15 is 0 Å². The molecule has 0 spiro atoms. The molecule has 1 rings (SSSR count). The number of benzene rings is 1. The fourth-order valence-electron chi connectivity index (χ4n) is 1.17. The zero-order valence-corrected chi connectivity index (χ0v) is 9.14. The van der Waals surface area contributed by atoms with Crippen LogP contribution in [-0.2, 0) is 4.79 Å². The summed E-state index contributed by atoms with van der Waals surface area (Å²) in [6, 6.07) is 7.51. The number of aliphatic carboxylic acids is 1. The first kappa shape index (κ1) is 12.1. The lowest BCUT2D eigenvalue weighted by atomic mass is 10.3. The van der Waals surface area contributed by atoms with E-state index < -0.39 is 5.97 Å². The Kier molecular flexibility index (Phi) is 4.92. The third kappa shape index (κ3) is 4.50. The molecule has 0 bridgehead atoms. The van der Waals surface area contributed by atoms with E-state index in [1.54, 1.807) is 6.08 Å². The van der Waals surface area contributed by atoms with Crippen LogP contribution < -0.4 is 10.1 Å². The number of nitrogens with one attached hydrogen (secondary N) is 1. The lowest BCUT2D eigenvalue weighted by molar-refractivity contribution is -0.131. The molecule has 4 nitrogen and oxygen atoms in total. The first-order chi connectivity index (χ1) is 7.72. The smallest absolute Gasteiger partial charge is 0.328 e. The van der Waals surface area contributed by atoms with Crippen LogP contribution in [-0.4, -0.2) is 24.2 Å². The number of carboxylic acid groups (broad SMARTS) is 1. The van der Waals surface area contributed by atoms with Gasteiger partial charge in [-0.3, -0.25) is 0 Å². The van der Waals surface area contributed by atoms with Crippen LogP contribution in [0.5, 0.6) is 5.75 Å². The molecular formula is C12H15NO3. The van der Waals surface area contributed by atoms with Gasteiger partial charge in [0.2, 0.25) is 0 Å². The molecule has 1 aromatic carbocycles. The lowest BCUT2D eigenvalue weighted by Crippen LogP contribution is -1.99. The van der Waals surface area contributed by atoms with E-state index in [0.717, 1.165) is 17.5 Å². The summed E-state index contributed by atoms with van der Waals surface area (Å²) in [5, 5.41) is 11.4. The van der Waals surface area contributed by atoms with Gasteiger partial charge in [-0.05, 0) is 31.2 Å². The van der Waals surface area contributed by atoms with Crippen LogP contribution >= 0.6 is 0 Å². The van der Waals surface area contributed by atoms with E-state index in [9.17, 15) is 4.79 Å². The Labute approximate surface area is 94.6 Å². The van der Waals surface area contributed by atoms with E-state index in [-0.39, 0.29) is 0 Å². The second kappa shape index (κ2) is 6.50. The normalized spacial score (nSPS) is 10.3. The van der Waals surface area contributed by atoms with Gasteiger partial charge in [0.05, 0.1) is 6.61 Å². The molecule has 0 radical (unpaired) electrons. The van der Waals surface area contributed by atoms with Gasteiger partial charge in [0.15, 0.2) is 0 Å². The van der Waals surface area contributed by atoms with Gasteiger partial charge in [-0.1, -0.05) is 6.08 Å². The fourth-order valence-corrected chi connectivity index (χ4v) is 1.17. The molecule has 0 aliphatic carbocycles. The van der Waals surface area contributed by atoms with Crippen molar-refractivity contribution in [2.45, 2.75) is 6.92 Å². The minimum Gasteiger partial charge on any atom is -0.494 e. The van der Waals surface area contributed by atoms with Crippen LogP contribution in [0.15, 0.2) is 36.4 Å². The van der Waals surface area contributed by atoms with Crippen molar-refractivity contribution in [1.29, 1.82) is 0 Å². The quantitative estimate of drug-likeness (QED) is 0.722. The Bertz CT molecular complexity index is 357. The molecule has 0 aliphatic rings. The largest absolute Gasteiger partial charge is 0.494 e. The molecule has 0 saturated heterocycles. The van der Waals surface area contributed by atoms with E-state index in [1.807, 2.05) is 31.2 Å². The van der Waals surface area contributed by atoms with Crippen molar-refractivity contribution >= 4 is 11.7 Å². The first-order valence-electron chi connectivity index (χ1n) is 5.08. The van der Waals surface area contributed by atoms with Crippen LogP contribution in [0.3, 0.4) is 0 Å². The summed E-state index contributed by atoms with van der Waals surface area (Å²) < 4.78 is 5.30. The standard InChI is InChI=1S/C12H15NO3/c1-2-16-11-7-5-10(6-8-11)13-9-3-4-12(14)15/h3-8,13H,2,9H2,1H3,(H,14,15)/b4-3+. The van der Waals surface area contributed by atoms with Crippen LogP contribution in [0, 0.1) is 0 Å². The number of ether oxygens (including phenoxy) is 1. The van der Waals surface area contributed by atoms with Crippen LogP contribution in [0.25, 0.3) is 0 Å². The number of anilines is 1. The van der Waals surface area contributed by atoms with E-state index in [0.29, 0.717) is 13.2 Å². The van der Waals surface area contributed by atoms with Gasteiger partial charge in [-0.2, -0.15) is 0 Å². The SMILES string of the molecule is CCOc1ccc(NC/C=C/C(=O)O)cc1. The van der Waals surface area contributed by atoms with Crippen molar-refractivity contribution in [3.8, 4) is 5.75 Å². The van der Waals surface area contributed by atoms with Gasteiger partial charge in [-0.15, -0.1) is 0 Å². The molecule has 0 unspecified atom stereocenters. The maximum atomic E-state index is 10.2. The monoisotopic (exact) mass is 221 g/mol. The molecule has 0 atom stereocenters. The van der Waals surface area contributed by atoms with Crippen LogP contribution in [0.4, 0.5) is 5.69 Å². The molecule has 4 heteroatoms. The highest BCUT2D eigenvalue weighted by atomic mass is 16.5. The summed E-state index contributed by atoms with van der Waals surface area (Å²) in [6.45, 7) is 3.07. The highest BCUT2D eigenvalue weighted by Crippen LogP contribution is 2.15. The fraction of sp³-hybridized carbons (Fsp3) is 0.250. The van der Waals surface area contributed by atoms with Gasteiger partial charge in [0.1, 0.15) is 5.75 Å². The predicted molar refractivity (Wildman–Crippen MR) is 62.9 cm³/mol. The van der Waals surface area contributed by atoms with E-state index in [2.05, 4.69) is 5.32 Å². The van der Waals surface area contributed by atoms with Gasteiger partial charge < -0.3 is 15.2 Å². The summed E-state index contributed by atoms with van der Waals surface area (Å²) in [7, 11) is 0. The average Bonchev–Trinajstić information content (AvgIpc) is 2.27. The lowest BCUT2D eigenvalue weighted by Gasteiger charge is -2.05. The molecule has 16 heavy (non-hydrogen) atoms.